The quantitative estimate of drug-likeness (QED) is 0.341. The predicted molar refractivity (Wildman–Crippen MR) is 130 cm³/mol. The number of amides is 1. The number of carbonyl (C=O) groups excluding carboxylic acids is 1. The Balaban J connectivity index is 1.81. The number of fused-ring (bicyclic) bond motifs is 2. The summed E-state index contributed by atoms with van der Waals surface area (Å²) >= 11 is 0. The number of hydrogen-bond donors (Lipinski definition) is 0. The highest BCUT2D eigenvalue weighted by Gasteiger charge is 2.42. The Bertz CT molecular complexity index is 1280. The van der Waals surface area contributed by atoms with E-state index in [1.54, 1.807) is 23.1 Å². The summed E-state index contributed by atoms with van der Waals surface area (Å²) < 4.78 is 6.00. The molecule has 1 aromatic heterocycles. The third-order valence-electron chi connectivity index (χ3n) is 6.63. The van der Waals surface area contributed by atoms with Gasteiger partial charge in [0, 0.05) is 18.7 Å². The van der Waals surface area contributed by atoms with E-state index in [2.05, 4.69) is 18.7 Å². The predicted octanol–water partition coefficient (Wildman–Crippen LogP) is 4.54. The van der Waals surface area contributed by atoms with Gasteiger partial charge in [0.25, 0.3) is 11.6 Å². The van der Waals surface area contributed by atoms with Crippen molar-refractivity contribution in [3.8, 4) is 0 Å². The molecular formula is C26H29N3O5. The lowest BCUT2D eigenvalue weighted by atomic mass is 9.97. The van der Waals surface area contributed by atoms with Gasteiger partial charge in [0.1, 0.15) is 5.58 Å². The van der Waals surface area contributed by atoms with Gasteiger partial charge in [0.15, 0.2) is 5.43 Å². The SMILES string of the molecule is CCc1ccc2oc3c(c(=O)c2c1)C(c1ccc([N+](=O)[O-])cc1)N(CCCN(CC)CC)C3=O. The molecule has 1 aliphatic rings. The minimum absolute atomic E-state index is 0.0421. The molecule has 1 atom stereocenters. The van der Waals surface area contributed by atoms with E-state index in [-0.39, 0.29) is 22.8 Å². The van der Waals surface area contributed by atoms with E-state index in [1.165, 1.54) is 12.1 Å². The van der Waals surface area contributed by atoms with E-state index in [0.717, 1.165) is 38.0 Å². The molecule has 8 heteroatoms. The van der Waals surface area contributed by atoms with E-state index in [4.69, 9.17) is 4.42 Å². The third-order valence-corrected chi connectivity index (χ3v) is 6.63. The van der Waals surface area contributed by atoms with Crippen LogP contribution in [-0.4, -0.2) is 46.8 Å². The average molecular weight is 464 g/mol. The van der Waals surface area contributed by atoms with Crippen LogP contribution in [0.5, 0.6) is 0 Å². The van der Waals surface area contributed by atoms with Gasteiger partial charge >= 0.3 is 0 Å². The Morgan fingerprint density at radius 3 is 2.38 bits per heavy atom. The molecule has 0 aliphatic carbocycles. The number of rotatable bonds is 9. The van der Waals surface area contributed by atoms with Crippen LogP contribution >= 0.6 is 0 Å². The fraction of sp³-hybridized carbons (Fsp3) is 0.385. The molecule has 0 spiro atoms. The molecule has 8 nitrogen and oxygen atoms in total. The van der Waals surface area contributed by atoms with Gasteiger partial charge < -0.3 is 14.2 Å². The molecule has 0 N–H and O–H groups in total. The summed E-state index contributed by atoms with van der Waals surface area (Å²) in [7, 11) is 0. The summed E-state index contributed by atoms with van der Waals surface area (Å²) in [5.74, 6) is -0.260. The Hall–Kier alpha value is -3.52. The molecule has 1 unspecified atom stereocenters. The first kappa shape index (κ1) is 23.6. The first-order valence-corrected chi connectivity index (χ1v) is 11.8. The molecule has 3 aromatic rings. The highest BCUT2D eigenvalue weighted by Crippen LogP contribution is 2.38. The van der Waals surface area contributed by atoms with Gasteiger partial charge in [-0.05, 0) is 67.9 Å². The van der Waals surface area contributed by atoms with Crippen molar-refractivity contribution in [1.82, 2.24) is 9.80 Å². The maximum absolute atomic E-state index is 13.7. The molecule has 2 aromatic carbocycles. The molecule has 34 heavy (non-hydrogen) atoms. The molecule has 0 radical (unpaired) electrons. The van der Waals surface area contributed by atoms with Crippen molar-refractivity contribution in [3.63, 3.8) is 0 Å². The molecule has 0 bridgehead atoms. The van der Waals surface area contributed by atoms with Crippen molar-refractivity contribution < 1.29 is 14.1 Å². The molecule has 1 amide bonds. The fourth-order valence-corrected chi connectivity index (χ4v) is 4.65. The lowest BCUT2D eigenvalue weighted by Gasteiger charge is -2.26. The fourth-order valence-electron chi connectivity index (χ4n) is 4.65. The van der Waals surface area contributed by atoms with Crippen LogP contribution < -0.4 is 5.43 Å². The molecule has 0 fully saturated rings. The molecule has 1 aliphatic heterocycles. The lowest BCUT2D eigenvalue weighted by molar-refractivity contribution is -0.384. The zero-order valence-electron chi connectivity index (χ0n) is 19.7. The van der Waals surface area contributed by atoms with Crippen molar-refractivity contribution in [2.24, 2.45) is 0 Å². The largest absolute Gasteiger partial charge is 0.450 e. The van der Waals surface area contributed by atoms with E-state index >= 15 is 0 Å². The Labute approximate surface area is 197 Å². The second-order valence-electron chi connectivity index (χ2n) is 8.49. The molecule has 2 heterocycles. The van der Waals surface area contributed by atoms with Crippen LogP contribution in [0.4, 0.5) is 5.69 Å². The second-order valence-corrected chi connectivity index (χ2v) is 8.49. The maximum Gasteiger partial charge on any atom is 0.290 e. The Morgan fingerprint density at radius 2 is 1.76 bits per heavy atom. The van der Waals surface area contributed by atoms with Crippen molar-refractivity contribution in [2.45, 2.75) is 39.7 Å². The topological polar surface area (TPSA) is 96.9 Å². The van der Waals surface area contributed by atoms with E-state index < -0.39 is 11.0 Å². The number of benzene rings is 2. The van der Waals surface area contributed by atoms with Gasteiger partial charge in [0.05, 0.1) is 21.9 Å². The van der Waals surface area contributed by atoms with Crippen LogP contribution in [0, 0.1) is 10.1 Å². The van der Waals surface area contributed by atoms with Gasteiger partial charge in [0.2, 0.25) is 5.76 Å². The van der Waals surface area contributed by atoms with Crippen molar-refractivity contribution >= 4 is 22.6 Å². The standard InChI is InChI=1S/C26H29N3O5/c1-4-17-8-13-21-20(16-17)24(30)22-23(18-9-11-19(12-10-18)29(32)33)28(26(31)25(22)34-21)15-7-14-27(5-2)6-3/h8-13,16,23H,4-7,14-15H2,1-3H3. The average Bonchev–Trinajstić information content (AvgIpc) is 3.13. The second kappa shape index (κ2) is 9.77. The normalized spacial score (nSPS) is 15.4. The number of aryl methyl sites for hydroxylation is 1. The number of carbonyl (C=O) groups is 1. The van der Waals surface area contributed by atoms with Crippen LogP contribution in [0.3, 0.4) is 0 Å². The third kappa shape index (κ3) is 4.21. The van der Waals surface area contributed by atoms with Gasteiger partial charge in [-0.1, -0.05) is 26.8 Å². The lowest BCUT2D eigenvalue weighted by Crippen LogP contribution is -2.33. The maximum atomic E-state index is 13.7. The smallest absolute Gasteiger partial charge is 0.290 e. The van der Waals surface area contributed by atoms with Crippen LogP contribution in [0.2, 0.25) is 0 Å². The molecule has 0 saturated heterocycles. The van der Waals surface area contributed by atoms with Gasteiger partial charge in [-0.15, -0.1) is 0 Å². The van der Waals surface area contributed by atoms with Crippen molar-refractivity contribution in [3.05, 3.63) is 85.3 Å². The minimum Gasteiger partial charge on any atom is -0.450 e. The highest BCUT2D eigenvalue weighted by molar-refractivity contribution is 5.99. The van der Waals surface area contributed by atoms with Crippen molar-refractivity contribution in [1.29, 1.82) is 0 Å². The summed E-state index contributed by atoms with van der Waals surface area (Å²) in [6, 6.07) is 10.9. The number of nitrogens with zero attached hydrogens (tertiary/aromatic N) is 3. The Kier molecular flexibility index (Phi) is 6.79. The van der Waals surface area contributed by atoms with Gasteiger partial charge in [-0.2, -0.15) is 0 Å². The van der Waals surface area contributed by atoms with Crippen LogP contribution in [0.15, 0.2) is 51.7 Å². The number of nitro benzene ring substituents is 1. The number of hydrogen-bond acceptors (Lipinski definition) is 6. The van der Waals surface area contributed by atoms with Crippen molar-refractivity contribution in [2.75, 3.05) is 26.2 Å². The zero-order valence-corrected chi connectivity index (χ0v) is 19.7. The summed E-state index contributed by atoms with van der Waals surface area (Å²) in [4.78, 5) is 41.7. The zero-order chi connectivity index (χ0) is 24.4. The summed E-state index contributed by atoms with van der Waals surface area (Å²) in [6.45, 7) is 9.30. The Morgan fingerprint density at radius 1 is 1.06 bits per heavy atom. The summed E-state index contributed by atoms with van der Waals surface area (Å²) in [6.07, 6.45) is 1.51. The highest BCUT2D eigenvalue weighted by atomic mass is 16.6. The minimum atomic E-state index is -0.647. The van der Waals surface area contributed by atoms with Crippen LogP contribution in [0.25, 0.3) is 11.0 Å². The van der Waals surface area contributed by atoms with E-state index in [0.29, 0.717) is 28.6 Å². The van der Waals surface area contributed by atoms with Crippen LogP contribution in [-0.2, 0) is 6.42 Å². The summed E-state index contributed by atoms with van der Waals surface area (Å²) in [5.41, 5.74) is 2.09. The van der Waals surface area contributed by atoms with E-state index in [9.17, 15) is 19.7 Å². The first-order chi connectivity index (χ1) is 16.4. The van der Waals surface area contributed by atoms with Gasteiger partial charge in [-0.3, -0.25) is 19.7 Å². The van der Waals surface area contributed by atoms with Gasteiger partial charge in [-0.25, -0.2) is 0 Å². The summed E-state index contributed by atoms with van der Waals surface area (Å²) in [5, 5.41) is 11.6. The molecule has 178 valence electrons. The first-order valence-electron chi connectivity index (χ1n) is 11.8. The van der Waals surface area contributed by atoms with E-state index in [1.807, 2.05) is 19.1 Å². The molecule has 0 saturated carbocycles. The molecule has 4 rings (SSSR count). The monoisotopic (exact) mass is 463 g/mol. The number of non-ortho nitro benzene ring substituents is 1. The molecular weight excluding hydrogens is 434 g/mol. The van der Waals surface area contributed by atoms with Crippen LogP contribution in [0.1, 0.15) is 60.5 Å². The number of nitro groups is 1.